The Kier molecular flexibility index (Phi) is 33.1. The zero-order valence-electron chi connectivity index (χ0n) is 59.9. The monoisotopic (exact) mass is 1290 g/mol. The summed E-state index contributed by atoms with van der Waals surface area (Å²) in [4.78, 5) is 183. The van der Waals surface area contributed by atoms with Gasteiger partial charge in [0.1, 0.15) is 73.1 Å². The van der Waals surface area contributed by atoms with Gasteiger partial charge in [-0.25, -0.2) is 4.79 Å². The van der Waals surface area contributed by atoms with Gasteiger partial charge in [0.2, 0.25) is 65.0 Å². The van der Waals surface area contributed by atoms with E-state index in [1.165, 1.54) is 96.8 Å². The number of aliphatic hydroxyl groups excluding tert-OH is 1. The van der Waals surface area contributed by atoms with E-state index in [9.17, 15) is 43.5 Å². The summed E-state index contributed by atoms with van der Waals surface area (Å²) >= 11 is 0. The van der Waals surface area contributed by atoms with Crippen LogP contribution in [0.15, 0.2) is 0 Å². The maximum absolute atomic E-state index is 15.3. The van der Waals surface area contributed by atoms with Gasteiger partial charge in [-0.3, -0.25) is 52.7 Å². The lowest BCUT2D eigenvalue weighted by molar-refractivity contribution is -0.157. The Balaban J connectivity index is 4.49. The third-order valence-corrected chi connectivity index (χ3v) is 17.5. The molecule has 1 fully saturated rings. The number of unbranched alkanes of at least 4 members (excludes halogenated alkanes) is 1. The molecule has 12 amide bonds. The van der Waals surface area contributed by atoms with Crippen LogP contribution in [0.3, 0.4) is 0 Å². The smallest absolute Gasteiger partial charge is 0.406 e. The summed E-state index contributed by atoms with van der Waals surface area (Å²) in [6, 6.07) is -14.5. The van der Waals surface area contributed by atoms with Gasteiger partial charge in [0, 0.05) is 61.8 Å². The lowest BCUT2D eigenvalue weighted by Gasteiger charge is -2.42. The fourth-order valence-electron chi connectivity index (χ4n) is 11.6. The molecule has 1 heterocycles. The number of carbonyl (C=O) groups excluding carboxylic acids is 12. The Labute approximate surface area is 543 Å². The van der Waals surface area contributed by atoms with Gasteiger partial charge in [0.15, 0.2) is 0 Å². The van der Waals surface area contributed by atoms with E-state index in [2.05, 4.69) is 26.6 Å². The maximum atomic E-state index is 15.3. The normalized spacial score (nSPS) is 26.7. The zero-order chi connectivity index (χ0) is 70.8. The summed E-state index contributed by atoms with van der Waals surface area (Å²) in [5, 5.41) is 25.5. The highest BCUT2D eigenvalue weighted by atomic mass is 16.5. The number of aliphatic hydroxyl groups is 1. The number of ether oxygens (including phenoxy) is 1. The molecule has 0 unspecified atom stereocenters. The molecule has 0 saturated carbocycles. The first kappa shape index (κ1) is 82.4. The lowest BCUT2D eigenvalue weighted by atomic mass is 9.83. The molecule has 1 saturated heterocycles. The molecule has 26 heteroatoms. The van der Waals surface area contributed by atoms with Crippen LogP contribution in [0.2, 0.25) is 0 Å². The first-order chi connectivity index (χ1) is 41.9. The highest BCUT2D eigenvalue weighted by Gasteiger charge is 2.48. The van der Waals surface area contributed by atoms with Crippen LogP contribution in [0.5, 0.6) is 0 Å². The van der Waals surface area contributed by atoms with E-state index >= 15 is 19.2 Å². The number of likely N-dealkylation sites (N-methyl/N-ethyl adjacent to an activating group) is 7. The van der Waals surface area contributed by atoms with Crippen LogP contribution in [0.1, 0.15) is 170 Å². The van der Waals surface area contributed by atoms with Crippen LogP contribution >= 0.6 is 0 Å². The van der Waals surface area contributed by atoms with E-state index < -0.39 is 173 Å². The van der Waals surface area contributed by atoms with Crippen molar-refractivity contribution in [1.29, 1.82) is 0 Å². The maximum Gasteiger partial charge on any atom is 0.406 e. The fraction of sp³-hybridized carbons (Fsp3) is 0.815. The number of carbonyl (C=O) groups is 12. The minimum atomic E-state index is -1.63. The van der Waals surface area contributed by atoms with Crippen molar-refractivity contribution in [1.82, 2.24) is 60.9 Å². The predicted molar refractivity (Wildman–Crippen MR) is 348 cm³/mol. The van der Waals surface area contributed by atoms with Crippen molar-refractivity contribution < 1.29 is 67.4 Å². The molecule has 0 spiro atoms. The second kappa shape index (κ2) is 36.6. The minimum absolute atomic E-state index is 0.0322. The SMILES string of the molecule is CCCC[C@@H](C)[C@@H](O)[C@H]1C(=O)N[C@@H](CC)C(=O)N(C)[C@H](C)C(=O)N(C)[C@@H](C(C)(C)COC(=O)NC)C(=O)N[C@@H](C(C)C)C(=O)N(C)[C@@H](CC(C)C)C(=O)N[C@@H](C)C(=O)N[C@H](C)C(=O)N(C)[C@@H](CC(C)C)C(=O)N(C)[C@@H](CC(C)C)C(=O)N(C)[C@@H](C(C)C)C(=O)N1C. The second-order valence-electron chi connectivity index (χ2n) is 27.9. The lowest BCUT2D eigenvalue weighted by Crippen LogP contribution is -2.64. The molecule has 0 aliphatic carbocycles. The molecular weight excluding hydrogens is 1170 g/mol. The van der Waals surface area contributed by atoms with Gasteiger partial charge in [-0.15, -0.1) is 0 Å². The van der Waals surface area contributed by atoms with E-state index in [1.54, 1.807) is 55.4 Å². The number of rotatable bonds is 17. The molecule has 26 nitrogen and oxygen atoms in total. The van der Waals surface area contributed by atoms with Crippen LogP contribution in [0.25, 0.3) is 0 Å². The average Bonchev–Trinajstić information content (AvgIpc) is 0.833. The van der Waals surface area contributed by atoms with Gasteiger partial charge in [0.25, 0.3) is 0 Å². The molecule has 522 valence electrons. The molecule has 0 bridgehead atoms. The molecule has 0 aromatic rings. The highest BCUT2D eigenvalue weighted by Crippen LogP contribution is 2.29. The van der Waals surface area contributed by atoms with E-state index in [0.29, 0.717) is 12.8 Å². The molecule has 6 N–H and O–H groups in total. The van der Waals surface area contributed by atoms with Crippen molar-refractivity contribution in [3.05, 3.63) is 0 Å². The Morgan fingerprint density at radius 1 is 0.516 bits per heavy atom. The zero-order valence-corrected chi connectivity index (χ0v) is 59.9. The van der Waals surface area contributed by atoms with Gasteiger partial charge in [-0.2, -0.15) is 0 Å². The van der Waals surface area contributed by atoms with Gasteiger partial charge >= 0.3 is 6.09 Å². The van der Waals surface area contributed by atoms with Crippen molar-refractivity contribution in [3.63, 3.8) is 0 Å². The third kappa shape index (κ3) is 22.3. The summed E-state index contributed by atoms with van der Waals surface area (Å²) in [6.45, 7) is 30.2. The van der Waals surface area contributed by atoms with E-state index in [4.69, 9.17) is 4.74 Å². The van der Waals surface area contributed by atoms with Gasteiger partial charge < -0.3 is 70.7 Å². The number of hydrogen-bond donors (Lipinski definition) is 6. The van der Waals surface area contributed by atoms with Crippen LogP contribution in [-0.4, -0.2) is 246 Å². The van der Waals surface area contributed by atoms with Crippen molar-refractivity contribution in [2.24, 2.45) is 40.9 Å². The van der Waals surface area contributed by atoms with Gasteiger partial charge in [0.05, 0.1) is 6.10 Å². The average molecular weight is 1290 g/mol. The summed E-state index contributed by atoms with van der Waals surface area (Å²) in [5.41, 5.74) is -1.41. The number of alkyl carbamates (subject to hydrolysis) is 1. The first-order valence-corrected chi connectivity index (χ1v) is 32.5. The minimum Gasteiger partial charge on any atom is -0.449 e. The molecular formula is C65H118N12O14. The van der Waals surface area contributed by atoms with Gasteiger partial charge in [-0.1, -0.05) is 117 Å². The molecule has 0 aromatic carbocycles. The third-order valence-electron chi connectivity index (χ3n) is 17.5. The second-order valence-corrected chi connectivity index (χ2v) is 27.9. The number of amides is 12. The molecule has 1 rings (SSSR count). The van der Waals surface area contributed by atoms with Crippen LogP contribution < -0.4 is 26.6 Å². The van der Waals surface area contributed by atoms with Crippen molar-refractivity contribution in [3.8, 4) is 0 Å². The standard InChI is InChI=1S/C65H118N12O14/c1-27-29-30-40(13)51(78)50-55(81)69-44(28-2)59(85)71(20)43(16)58(84)77(26)52(65(17,18)34-91-64(90)66-19)56(82)70-48(38(9)10)62(88)72(21)45(31-35(3)4)54(80)67-41(14)53(79)68-42(15)57(83)73(22)46(32-36(5)6)60(86)74(23)47(33-37(7)8)61(87)75(24)49(39(11)12)63(89)76(50)25/h35-52,78H,27-34H2,1-26H3,(H,66,90)(H,67,80)(H,68,79)(H,69,81)(H,70,82)/t40-,41+,42-,43-,44+,45+,46+,47+,48+,49+,50+,51-,52-/m1/s1. The topological polar surface area (TPSA) is 317 Å². The molecule has 91 heavy (non-hydrogen) atoms. The van der Waals surface area contributed by atoms with E-state index in [1.807, 2.05) is 48.5 Å². The molecule has 0 radical (unpaired) electrons. The number of nitrogens with zero attached hydrogens (tertiary/aromatic N) is 7. The largest absolute Gasteiger partial charge is 0.449 e. The summed E-state index contributed by atoms with van der Waals surface area (Å²) in [7, 11) is 11.1. The summed E-state index contributed by atoms with van der Waals surface area (Å²) in [6.07, 6.45) is -0.105. The first-order valence-electron chi connectivity index (χ1n) is 32.5. The Morgan fingerprint density at radius 3 is 1.44 bits per heavy atom. The van der Waals surface area contributed by atoms with Crippen molar-refractivity contribution >= 4 is 71.1 Å². The van der Waals surface area contributed by atoms with Crippen molar-refractivity contribution in [2.75, 3.05) is 63.0 Å². The Bertz CT molecular complexity index is 2510. The predicted octanol–water partition coefficient (Wildman–Crippen LogP) is 3.22. The fourth-order valence-corrected chi connectivity index (χ4v) is 11.6. The van der Waals surface area contributed by atoms with Crippen LogP contribution in [0, 0.1) is 40.9 Å². The molecule has 1 aliphatic heterocycles. The molecule has 13 atom stereocenters. The van der Waals surface area contributed by atoms with Crippen LogP contribution in [0.4, 0.5) is 4.79 Å². The summed E-state index contributed by atoms with van der Waals surface area (Å²) < 4.78 is 5.46. The van der Waals surface area contributed by atoms with Crippen molar-refractivity contribution in [2.45, 2.75) is 242 Å². The molecule has 0 aromatic heterocycles. The quantitative estimate of drug-likeness (QED) is 0.122. The number of hydrogen-bond acceptors (Lipinski definition) is 14. The summed E-state index contributed by atoms with van der Waals surface area (Å²) in [5.74, 6) is -10.4. The van der Waals surface area contributed by atoms with E-state index in [0.717, 1.165) is 21.1 Å². The number of nitrogens with one attached hydrogen (secondary N) is 5. The Hall–Kier alpha value is -6.60. The molecule has 1 aliphatic rings. The Morgan fingerprint density at radius 2 is 0.978 bits per heavy atom. The highest BCUT2D eigenvalue weighted by molar-refractivity contribution is 6.00. The van der Waals surface area contributed by atoms with Crippen LogP contribution in [-0.2, 0) is 57.5 Å². The van der Waals surface area contributed by atoms with E-state index in [-0.39, 0.29) is 43.4 Å². The van der Waals surface area contributed by atoms with Gasteiger partial charge in [-0.05, 0) is 88.4 Å².